The molecule has 1 aromatic heterocycles. The van der Waals surface area contributed by atoms with E-state index in [1.165, 1.54) is 0 Å². The highest BCUT2D eigenvalue weighted by atomic mass is 35.5. The third-order valence-corrected chi connectivity index (χ3v) is 8.83. The van der Waals surface area contributed by atoms with Crippen LogP contribution in [-0.4, -0.2) is 72.1 Å². The van der Waals surface area contributed by atoms with Gasteiger partial charge in [0, 0.05) is 56.8 Å². The lowest BCUT2D eigenvalue weighted by Gasteiger charge is -2.31. The minimum absolute atomic E-state index is 0. The number of nitrogens with zero attached hydrogens (tertiary/aromatic N) is 3. The number of nitrogens with two attached hydrogens (primary N) is 1. The number of aliphatic hydroxyl groups is 1. The topological polar surface area (TPSA) is 134 Å². The molecule has 0 saturated heterocycles. The summed E-state index contributed by atoms with van der Waals surface area (Å²) in [6.07, 6.45) is 6.91. The SMILES string of the molecule is CCCCc1cn(CC(C)(C)CNC(=O)[C@@H](C[C@H](O)[C@@H](N)C[C@H](Cc2ccc(OC)c(OCCCOC)c2)C(C)C)C(C)C)nn1.Cl. The number of amides is 1. The van der Waals surface area contributed by atoms with Gasteiger partial charge in [-0.1, -0.05) is 66.2 Å². The number of hydrogen-bond acceptors (Lipinski definition) is 8. The van der Waals surface area contributed by atoms with Crippen molar-refractivity contribution in [2.45, 2.75) is 112 Å². The molecule has 11 heteroatoms. The van der Waals surface area contributed by atoms with Gasteiger partial charge in [-0.3, -0.25) is 9.48 Å². The third kappa shape index (κ3) is 15.1. The first-order valence-electron chi connectivity index (χ1n) is 17.2. The summed E-state index contributed by atoms with van der Waals surface area (Å²) in [5.74, 6) is 1.68. The number of hydrogen-bond donors (Lipinski definition) is 3. The molecule has 270 valence electrons. The number of nitrogens with one attached hydrogen (secondary N) is 1. The fourth-order valence-corrected chi connectivity index (χ4v) is 5.70. The van der Waals surface area contributed by atoms with Crippen LogP contribution in [0.5, 0.6) is 11.5 Å². The summed E-state index contributed by atoms with van der Waals surface area (Å²) in [6, 6.07) is 5.59. The van der Waals surface area contributed by atoms with Crippen LogP contribution in [0.25, 0.3) is 0 Å². The maximum absolute atomic E-state index is 13.4. The Morgan fingerprint density at radius 1 is 1.06 bits per heavy atom. The number of unbranched alkanes of at least 4 members (excludes halogenated alkanes) is 1. The normalized spacial score (nSPS) is 14.4. The second kappa shape index (κ2) is 21.5. The van der Waals surface area contributed by atoms with E-state index < -0.39 is 12.1 Å². The average molecular weight is 682 g/mol. The predicted octanol–water partition coefficient (Wildman–Crippen LogP) is 5.86. The van der Waals surface area contributed by atoms with Gasteiger partial charge in [-0.15, -0.1) is 17.5 Å². The zero-order valence-corrected chi connectivity index (χ0v) is 31.3. The van der Waals surface area contributed by atoms with Crippen LogP contribution < -0.4 is 20.5 Å². The van der Waals surface area contributed by atoms with Crippen LogP contribution in [-0.2, 0) is 28.9 Å². The standard InChI is InChI=1S/C36H63N5O5.ClH/c1-10-11-13-29-22-41(40-39-29)24-36(6,7)23-38-35(43)30(26(4)5)21-32(42)31(37)20-28(25(2)3)18-27-14-15-33(45-9)34(19-27)46-17-12-16-44-8;/h14-15,19,22,25-26,28,30-32,42H,10-13,16-18,20-21,23-24,37H2,1-9H3,(H,38,43);1H/t28-,30-,31-,32-;/m0./s1. The van der Waals surface area contributed by atoms with Crippen molar-refractivity contribution in [3.63, 3.8) is 0 Å². The second-order valence-electron chi connectivity index (χ2n) is 14.3. The number of rotatable bonds is 23. The molecule has 4 N–H and O–H groups in total. The first kappa shape index (κ1) is 42.6. The molecule has 4 atom stereocenters. The minimum Gasteiger partial charge on any atom is -0.493 e. The maximum Gasteiger partial charge on any atom is 0.223 e. The lowest BCUT2D eigenvalue weighted by atomic mass is 9.80. The maximum atomic E-state index is 13.4. The molecular formula is C36H64ClN5O5. The number of halogens is 1. The van der Waals surface area contributed by atoms with E-state index in [1.54, 1.807) is 14.2 Å². The Balaban J connectivity index is 0.0000110. The summed E-state index contributed by atoms with van der Waals surface area (Å²) in [7, 11) is 3.32. The molecule has 0 spiro atoms. The van der Waals surface area contributed by atoms with Crippen LogP contribution in [0, 0.1) is 29.1 Å². The number of ether oxygens (including phenoxy) is 3. The number of benzene rings is 1. The molecule has 0 saturated carbocycles. The Hall–Kier alpha value is -2.40. The highest BCUT2D eigenvalue weighted by molar-refractivity contribution is 5.85. The molecule has 0 unspecified atom stereocenters. The summed E-state index contributed by atoms with van der Waals surface area (Å²) in [5.41, 5.74) is 8.55. The van der Waals surface area contributed by atoms with Crippen LogP contribution in [0.1, 0.15) is 91.8 Å². The van der Waals surface area contributed by atoms with Gasteiger partial charge in [0.1, 0.15) is 0 Å². The van der Waals surface area contributed by atoms with Crippen LogP contribution in [0.15, 0.2) is 24.4 Å². The van der Waals surface area contributed by atoms with E-state index in [4.69, 9.17) is 19.9 Å². The molecule has 1 aromatic carbocycles. The van der Waals surface area contributed by atoms with E-state index >= 15 is 0 Å². The Kier molecular flexibility index (Phi) is 19.5. The Morgan fingerprint density at radius 2 is 1.79 bits per heavy atom. The number of carbonyl (C=O) groups excluding carboxylic acids is 1. The molecule has 10 nitrogen and oxygen atoms in total. The van der Waals surface area contributed by atoms with Crippen molar-refractivity contribution >= 4 is 18.3 Å². The van der Waals surface area contributed by atoms with Crippen molar-refractivity contribution in [1.29, 1.82) is 0 Å². The average Bonchev–Trinajstić information content (AvgIpc) is 3.45. The van der Waals surface area contributed by atoms with Gasteiger partial charge in [-0.25, -0.2) is 0 Å². The van der Waals surface area contributed by atoms with E-state index in [1.807, 2.05) is 36.9 Å². The highest BCUT2D eigenvalue weighted by Crippen LogP contribution is 2.32. The third-order valence-electron chi connectivity index (χ3n) is 8.83. The van der Waals surface area contributed by atoms with Gasteiger partial charge >= 0.3 is 0 Å². The molecule has 1 amide bonds. The number of aromatic nitrogens is 3. The molecule has 0 aliphatic rings. The first-order chi connectivity index (χ1) is 21.8. The van der Waals surface area contributed by atoms with E-state index in [-0.39, 0.29) is 41.5 Å². The molecule has 0 fully saturated rings. The van der Waals surface area contributed by atoms with Gasteiger partial charge in [0.15, 0.2) is 11.5 Å². The first-order valence-corrected chi connectivity index (χ1v) is 17.2. The van der Waals surface area contributed by atoms with Crippen molar-refractivity contribution < 1.29 is 24.1 Å². The number of carbonyl (C=O) groups is 1. The van der Waals surface area contributed by atoms with Gasteiger partial charge in [0.2, 0.25) is 5.91 Å². The van der Waals surface area contributed by atoms with Crippen molar-refractivity contribution in [1.82, 2.24) is 20.3 Å². The fraction of sp³-hybridized carbons (Fsp3) is 0.750. The van der Waals surface area contributed by atoms with Crippen LogP contribution in [0.3, 0.4) is 0 Å². The van der Waals surface area contributed by atoms with Gasteiger partial charge in [-0.2, -0.15) is 0 Å². The van der Waals surface area contributed by atoms with Crippen LogP contribution in [0.4, 0.5) is 0 Å². The summed E-state index contributed by atoms with van der Waals surface area (Å²) in [6.45, 7) is 17.1. The molecule has 2 rings (SSSR count). The summed E-state index contributed by atoms with van der Waals surface area (Å²) < 4.78 is 18.5. The zero-order valence-electron chi connectivity index (χ0n) is 30.5. The van der Waals surface area contributed by atoms with Gasteiger partial charge in [-0.05, 0) is 67.6 Å². The molecule has 1 heterocycles. The molecule has 0 aliphatic carbocycles. The molecular weight excluding hydrogens is 618 g/mol. The van der Waals surface area contributed by atoms with Crippen molar-refractivity contribution in [2.24, 2.45) is 34.8 Å². The minimum atomic E-state index is -0.792. The van der Waals surface area contributed by atoms with E-state index in [9.17, 15) is 9.90 Å². The Bertz CT molecular complexity index is 1160. The number of aliphatic hydroxyl groups excluding tert-OH is 1. The predicted molar refractivity (Wildman–Crippen MR) is 191 cm³/mol. The van der Waals surface area contributed by atoms with Gasteiger partial charge in [0.25, 0.3) is 0 Å². The highest BCUT2D eigenvalue weighted by Gasteiger charge is 2.31. The van der Waals surface area contributed by atoms with Crippen LogP contribution in [0.2, 0.25) is 0 Å². The Morgan fingerprint density at radius 3 is 2.40 bits per heavy atom. The summed E-state index contributed by atoms with van der Waals surface area (Å²) in [4.78, 5) is 13.4. The van der Waals surface area contributed by atoms with Gasteiger partial charge in [0.05, 0.1) is 25.5 Å². The molecule has 2 aromatic rings. The van der Waals surface area contributed by atoms with E-state index in [0.717, 1.165) is 49.1 Å². The smallest absolute Gasteiger partial charge is 0.223 e. The summed E-state index contributed by atoms with van der Waals surface area (Å²) >= 11 is 0. The van der Waals surface area contributed by atoms with Crippen molar-refractivity contribution in [3.8, 4) is 11.5 Å². The molecule has 0 aliphatic heterocycles. The van der Waals surface area contributed by atoms with Gasteiger partial charge < -0.3 is 30.4 Å². The van der Waals surface area contributed by atoms with E-state index in [0.29, 0.717) is 50.8 Å². The number of methoxy groups -OCH3 is 2. The zero-order chi connectivity index (χ0) is 34.3. The largest absolute Gasteiger partial charge is 0.493 e. The monoisotopic (exact) mass is 681 g/mol. The van der Waals surface area contributed by atoms with Crippen molar-refractivity contribution in [2.75, 3.05) is 34.0 Å². The lowest BCUT2D eigenvalue weighted by Crippen LogP contribution is -2.44. The summed E-state index contributed by atoms with van der Waals surface area (Å²) in [5, 5.41) is 23.0. The number of aryl methyl sites for hydroxylation is 1. The van der Waals surface area contributed by atoms with E-state index in [2.05, 4.69) is 56.3 Å². The quantitative estimate of drug-likeness (QED) is 0.124. The fourth-order valence-electron chi connectivity index (χ4n) is 5.70. The molecule has 0 bridgehead atoms. The lowest BCUT2D eigenvalue weighted by molar-refractivity contribution is -0.128. The van der Waals surface area contributed by atoms with Crippen molar-refractivity contribution in [3.05, 3.63) is 35.7 Å². The second-order valence-corrected chi connectivity index (χ2v) is 14.3. The Labute approximate surface area is 290 Å². The molecule has 47 heavy (non-hydrogen) atoms. The van der Waals surface area contributed by atoms with Crippen LogP contribution >= 0.6 is 12.4 Å². The molecule has 0 radical (unpaired) electrons.